The molecule has 0 spiro atoms. The first-order chi connectivity index (χ1) is 7.85. The fourth-order valence-electron chi connectivity index (χ4n) is 1.44. The van der Waals surface area contributed by atoms with Crippen molar-refractivity contribution in [1.29, 1.82) is 0 Å². The summed E-state index contributed by atoms with van der Waals surface area (Å²) in [5, 5.41) is 0. The molecule has 1 rings (SSSR count). The van der Waals surface area contributed by atoms with Crippen LogP contribution in [0.1, 0.15) is 16.8 Å². The number of anilines is 1. The Balaban J connectivity index is 2.88. The van der Waals surface area contributed by atoms with Crippen molar-refractivity contribution in [3.8, 4) is 0 Å². The van der Waals surface area contributed by atoms with Crippen LogP contribution in [0.2, 0.25) is 0 Å². The van der Waals surface area contributed by atoms with Crippen molar-refractivity contribution in [2.45, 2.75) is 12.6 Å². The first-order valence-electron chi connectivity index (χ1n) is 4.86. The molecule has 2 nitrogen and oxygen atoms in total. The maximum atomic E-state index is 13.4. The Kier molecular flexibility index (Phi) is 4.09. The molecule has 94 valence electrons. The van der Waals surface area contributed by atoms with E-state index in [1.54, 1.807) is 0 Å². The number of rotatable bonds is 4. The molecule has 0 heterocycles. The van der Waals surface area contributed by atoms with Gasteiger partial charge in [-0.05, 0) is 12.1 Å². The molecular weight excluding hydrogens is 238 g/mol. The van der Waals surface area contributed by atoms with Crippen LogP contribution in [-0.4, -0.2) is 26.1 Å². The Hall–Kier alpha value is -1.59. The number of benzene rings is 1. The lowest BCUT2D eigenvalue weighted by Gasteiger charge is -2.22. The van der Waals surface area contributed by atoms with Gasteiger partial charge in [-0.15, -0.1) is 0 Å². The second-order valence-corrected chi connectivity index (χ2v) is 3.58. The summed E-state index contributed by atoms with van der Waals surface area (Å²) in [6.07, 6.45) is -4.94. The third-order valence-corrected chi connectivity index (χ3v) is 2.26. The third-order valence-electron chi connectivity index (χ3n) is 2.26. The molecule has 1 aromatic carbocycles. The highest BCUT2D eigenvalue weighted by Crippen LogP contribution is 2.25. The number of alkyl halides is 3. The van der Waals surface area contributed by atoms with Gasteiger partial charge in [-0.2, -0.15) is 13.2 Å². The van der Waals surface area contributed by atoms with E-state index in [1.807, 2.05) is 0 Å². The number of hydrogen-bond acceptors (Lipinski definition) is 2. The molecule has 0 saturated carbocycles. The van der Waals surface area contributed by atoms with Crippen LogP contribution in [0.15, 0.2) is 18.2 Å². The molecule has 0 aromatic heterocycles. The van der Waals surface area contributed by atoms with Crippen LogP contribution in [0.3, 0.4) is 0 Å². The van der Waals surface area contributed by atoms with E-state index in [0.717, 1.165) is 11.0 Å². The first-order valence-corrected chi connectivity index (χ1v) is 4.86. The van der Waals surface area contributed by atoms with E-state index in [2.05, 4.69) is 0 Å². The molecule has 1 aromatic rings. The van der Waals surface area contributed by atoms with Crippen LogP contribution in [0, 0.1) is 5.82 Å². The van der Waals surface area contributed by atoms with Gasteiger partial charge in [-0.1, -0.05) is 6.07 Å². The number of aldehydes is 1. The number of carbonyl (C=O) groups excluding carboxylic acids is 1. The van der Waals surface area contributed by atoms with Gasteiger partial charge in [0.2, 0.25) is 0 Å². The van der Waals surface area contributed by atoms with Crippen molar-refractivity contribution in [3.05, 3.63) is 29.6 Å². The van der Waals surface area contributed by atoms with Crippen LogP contribution in [0.4, 0.5) is 23.2 Å². The van der Waals surface area contributed by atoms with E-state index in [1.165, 1.54) is 19.2 Å². The Morgan fingerprint density at radius 3 is 2.53 bits per heavy atom. The van der Waals surface area contributed by atoms with Crippen molar-refractivity contribution in [2.75, 3.05) is 18.5 Å². The SMILES string of the molecule is CN(CCC(F)(F)F)c1c(F)cccc1C=O. The van der Waals surface area contributed by atoms with Crippen molar-refractivity contribution >= 4 is 12.0 Å². The third kappa shape index (κ3) is 3.72. The molecule has 0 amide bonds. The van der Waals surface area contributed by atoms with Gasteiger partial charge in [-0.25, -0.2) is 4.39 Å². The fraction of sp³-hybridized carbons (Fsp3) is 0.364. The summed E-state index contributed by atoms with van der Waals surface area (Å²) in [6.45, 7) is -0.398. The lowest BCUT2D eigenvalue weighted by atomic mass is 10.1. The van der Waals surface area contributed by atoms with E-state index in [-0.39, 0.29) is 11.3 Å². The van der Waals surface area contributed by atoms with E-state index in [9.17, 15) is 22.4 Å². The molecule has 6 heteroatoms. The molecule has 0 radical (unpaired) electrons. The molecular formula is C11H11F4NO. The van der Waals surface area contributed by atoms with E-state index >= 15 is 0 Å². The fourth-order valence-corrected chi connectivity index (χ4v) is 1.44. The minimum absolute atomic E-state index is 0.0367. The van der Waals surface area contributed by atoms with Gasteiger partial charge in [0.25, 0.3) is 0 Å². The summed E-state index contributed by atoms with van der Waals surface area (Å²) in [5.74, 6) is -0.709. The molecule has 17 heavy (non-hydrogen) atoms. The average Bonchev–Trinajstić information content (AvgIpc) is 2.24. The Morgan fingerprint density at radius 1 is 1.35 bits per heavy atom. The van der Waals surface area contributed by atoms with Crippen LogP contribution in [-0.2, 0) is 0 Å². The molecule has 0 unspecified atom stereocenters. The highest BCUT2D eigenvalue weighted by molar-refractivity contribution is 5.84. The zero-order chi connectivity index (χ0) is 13.1. The van der Waals surface area contributed by atoms with Gasteiger partial charge < -0.3 is 4.90 Å². The summed E-state index contributed by atoms with van der Waals surface area (Å²) >= 11 is 0. The topological polar surface area (TPSA) is 20.3 Å². The standard InChI is InChI=1S/C11H11F4NO/c1-16(6-5-11(13,14)15)10-8(7-17)3-2-4-9(10)12/h2-4,7H,5-6H2,1H3. The van der Waals surface area contributed by atoms with E-state index < -0.39 is 25.0 Å². The number of para-hydroxylation sites is 1. The molecule has 0 fully saturated rings. The van der Waals surface area contributed by atoms with Crippen molar-refractivity contribution in [2.24, 2.45) is 0 Å². The predicted octanol–water partition coefficient (Wildman–Crippen LogP) is 3.03. The second-order valence-electron chi connectivity index (χ2n) is 3.58. The number of hydrogen-bond donors (Lipinski definition) is 0. The molecule has 0 bridgehead atoms. The predicted molar refractivity (Wildman–Crippen MR) is 55.7 cm³/mol. The number of nitrogens with zero attached hydrogens (tertiary/aromatic N) is 1. The quantitative estimate of drug-likeness (QED) is 0.604. The molecule has 0 aliphatic rings. The first kappa shape index (κ1) is 13.5. The van der Waals surface area contributed by atoms with Gasteiger partial charge in [0.1, 0.15) is 5.82 Å². The van der Waals surface area contributed by atoms with Gasteiger partial charge >= 0.3 is 6.18 Å². The van der Waals surface area contributed by atoms with Crippen LogP contribution < -0.4 is 4.90 Å². The average molecular weight is 249 g/mol. The largest absolute Gasteiger partial charge is 0.390 e. The highest BCUT2D eigenvalue weighted by Gasteiger charge is 2.28. The van der Waals surface area contributed by atoms with Gasteiger partial charge in [0.15, 0.2) is 6.29 Å². The Morgan fingerprint density at radius 2 is 2.00 bits per heavy atom. The van der Waals surface area contributed by atoms with Gasteiger partial charge in [0.05, 0.1) is 12.1 Å². The van der Waals surface area contributed by atoms with Crippen molar-refractivity contribution < 1.29 is 22.4 Å². The highest BCUT2D eigenvalue weighted by atomic mass is 19.4. The van der Waals surface area contributed by atoms with Gasteiger partial charge in [0, 0.05) is 19.2 Å². The van der Waals surface area contributed by atoms with Gasteiger partial charge in [-0.3, -0.25) is 4.79 Å². The van der Waals surface area contributed by atoms with E-state index in [0.29, 0.717) is 6.29 Å². The summed E-state index contributed by atoms with van der Waals surface area (Å²) in [6, 6.07) is 3.79. The van der Waals surface area contributed by atoms with Crippen LogP contribution in [0.25, 0.3) is 0 Å². The molecule has 0 aliphatic heterocycles. The van der Waals surface area contributed by atoms with Crippen LogP contribution >= 0.6 is 0 Å². The van der Waals surface area contributed by atoms with Crippen LogP contribution in [0.5, 0.6) is 0 Å². The lowest BCUT2D eigenvalue weighted by molar-refractivity contribution is -0.132. The molecule has 0 N–H and O–H groups in total. The normalized spacial score (nSPS) is 11.4. The maximum absolute atomic E-state index is 13.4. The Labute approximate surface area is 95.8 Å². The number of halogens is 4. The minimum Gasteiger partial charge on any atom is -0.371 e. The van der Waals surface area contributed by atoms with Crippen molar-refractivity contribution in [3.63, 3.8) is 0 Å². The molecule has 0 atom stereocenters. The Bertz CT molecular complexity index is 403. The summed E-state index contributed by atoms with van der Waals surface area (Å²) in [5.41, 5.74) is -0.0681. The summed E-state index contributed by atoms with van der Waals surface area (Å²) in [4.78, 5) is 11.8. The summed E-state index contributed by atoms with van der Waals surface area (Å²) < 4.78 is 49.5. The summed E-state index contributed by atoms with van der Waals surface area (Å²) in [7, 11) is 1.32. The lowest BCUT2D eigenvalue weighted by Crippen LogP contribution is -2.25. The van der Waals surface area contributed by atoms with E-state index in [4.69, 9.17) is 0 Å². The molecule has 0 aliphatic carbocycles. The maximum Gasteiger partial charge on any atom is 0.390 e. The second kappa shape index (κ2) is 5.16. The monoisotopic (exact) mass is 249 g/mol. The molecule has 0 saturated heterocycles. The number of carbonyl (C=O) groups is 1. The van der Waals surface area contributed by atoms with Crippen molar-refractivity contribution in [1.82, 2.24) is 0 Å². The smallest absolute Gasteiger partial charge is 0.371 e. The minimum atomic E-state index is -4.30. The zero-order valence-electron chi connectivity index (χ0n) is 9.09. The zero-order valence-corrected chi connectivity index (χ0v) is 9.09.